The van der Waals surface area contributed by atoms with Crippen molar-refractivity contribution in [1.82, 2.24) is 10.3 Å². The summed E-state index contributed by atoms with van der Waals surface area (Å²) in [7, 11) is 0. The fourth-order valence-corrected chi connectivity index (χ4v) is 2.25. The van der Waals surface area contributed by atoms with Crippen LogP contribution in [-0.4, -0.2) is 28.4 Å². The van der Waals surface area contributed by atoms with E-state index in [0.29, 0.717) is 5.75 Å². The molecule has 0 unspecified atom stereocenters. The first-order chi connectivity index (χ1) is 8.22. The first kappa shape index (κ1) is 14.0. The van der Waals surface area contributed by atoms with Crippen molar-refractivity contribution in [2.75, 3.05) is 11.5 Å². The fraction of sp³-hybridized carbons (Fsp3) is 0.538. The molecule has 1 atom stereocenters. The average Bonchev–Trinajstić information content (AvgIpc) is 2.30. The first-order valence-corrected chi connectivity index (χ1v) is 7.14. The van der Waals surface area contributed by atoms with Crippen molar-refractivity contribution in [3.05, 3.63) is 30.1 Å². The third kappa shape index (κ3) is 6.31. The zero-order valence-electron chi connectivity index (χ0n) is 10.5. The van der Waals surface area contributed by atoms with Gasteiger partial charge in [0.2, 0.25) is 5.91 Å². The molecular weight excluding hydrogens is 232 g/mol. The van der Waals surface area contributed by atoms with Crippen LogP contribution in [0.15, 0.2) is 24.5 Å². The minimum absolute atomic E-state index is 0.125. The zero-order chi connectivity index (χ0) is 12.5. The Labute approximate surface area is 107 Å². The van der Waals surface area contributed by atoms with Crippen molar-refractivity contribution in [3.8, 4) is 0 Å². The predicted molar refractivity (Wildman–Crippen MR) is 73.2 cm³/mol. The van der Waals surface area contributed by atoms with E-state index in [1.807, 2.05) is 25.3 Å². The van der Waals surface area contributed by atoms with Crippen LogP contribution in [0.5, 0.6) is 0 Å². The standard InChI is InChI=1S/C13H20N2OS/c1-3-7-17-10-13(16)15-11(2)8-12-5-4-6-14-9-12/h4-6,9,11H,3,7-8,10H2,1-2H3,(H,15,16)/t11-/m0/s1. The second kappa shape index (κ2) is 8.12. The molecule has 0 radical (unpaired) electrons. The lowest BCUT2D eigenvalue weighted by atomic mass is 10.1. The molecule has 1 rings (SSSR count). The van der Waals surface area contributed by atoms with Gasteiger partial charge in [0, 0.05) is 18.4 Å². The van der Waals surface area contributed by atoms with Gasteiger partial charge in [0.1, 0.15) is 0 Å². The van der Waals surface area contributed by atoms with E-state index in [2.05, 4.69) is 17.2 Å². The van der Waals surface area contributed by atoms with Crippen molar-refractivity contribution in [2.24, 2.45) is 0 Å². The molecule has 0 bridgehead atoms. The van der Waals surface area contributed by atoms with Crippen LogP contribution >= 0.6 is 11.8 Å². The van der Waals surface area contributed by atoms with Crippen LogP contribution in [0.4, 0.5) is 0 Å². The maximum absolute atomic E-state index is 11.6. The van der Waals surface area contributed by atoms with Crippen LogP contribution in [0.2, 0.25) is 0 Å². The minimum atomic E-state index is 0.125. The summed E-state index contributed by atoms with van der Waals surface area (Å²) in [5.41, 5.74) is 1.15. The lowest BCUT2D eigenvalue weighted by Gasteiger charge is -2.13. The maximum atomic E-state index is 11.6. The molecule has 94 valence electrons. The Balaban J connectivity index is 2.25. The summed E-state index contributed by atoms with van der Waals surface area (Å²) in [6, 6.07) is 4.11. The molecule has 4 heteroatoms. The average molecular weight is 252 g/mol. The highest BCUT2D eigenvalue weighted by atomic mass is 32.2. The summed E-state index contributed by atoms with van der Waals surface area (Å²) in [5.74, 6) is 1.73. The molecule has 0 aromatic carbocycles. The van der Waals surface area contributed by atoms with E-state index >= 15 is 0 Å². The predicted octanol–water partition coefficient (Wildman–Crippen LogP) is 2.27. The van der Waals surface area contributed by atoms with Crippen molar-refractivity contribution >= 4 is 17.7 Å². The number of hydrogen-bond donors (Lipinski definition) is 1. The van der Waals surface area contributed by atoms with Gasteiger partial charge in [-0.2, -0.15) is 11.8 Å². The van der Waals surface area contributed by atoms with Gasteiger partial charge in [-0.05, 0) is 37.1 Å². The molecule has 17 heavy (non-hydrogen) atoms. The van der Waals surface area contributed by atoms with Crippen molar-refractivity contribution in [3.63, 3.8) is 0 Å². The van der Waals surface area contributed by atoms with Crippen molar-refractivity contribution in [2.45, 2.75) is 32.7 Å². The number of thioether (sulfide) groups is 1. The van der Waals surface area contributed by atoms with Gasteiger partial charge in [0.05, 0.1) is 5.75 Å². The summed E-state index contributed by atoms with van der Waals surface area (Å²) in [5, 5.41) is 3.00. The largest absolute Gasteiger partial charge is 0.353 e. The summed E-state index contributed by atoms with van der Waals surface area (Å²) in [6.07, 6.45) is 5.55. The second-order valence-electron chi connectivity index (χ2n) is 4.09. The highest BCUT2D eigenvalue weighted by molar-refractivity contribution is 7.99. The molecular formula is C13H20N2OS. The summed E-state index contributed by atoms with van der Waals surface area (Å²) in [4.78, 5) is 15.6. The number of rotatable bonds is 7. The highest BCUT2D eigenvalue weighted by Crippen LogP contribution is 2.03. The van der Waals surface area contributed by atoms with Crippen LogP contribution in [0.3, 0.4) is 0 Å². The van der Waals surface area contributed by atoms with Crippen LogP contribution in [-0.2, 0) is 11.2 Å². The van der Waals surface area contributed by atoms with E-state index in [1.165, 1.54) is 0 Å². The van der Waals surface area contributed by atoms with Gasteiger partial charge < -0.3 is 5.32 Å². The van der Waals surface area contributed by atoms with Gasteiger partial charge in [-0.25, -0.2) is 0 Å². The number of aromatic nitrogens is 1. The Morgan fingerprint density at radius 3 is 3.06 bits per heavy atom. The smallest absolute Gasteiger partial charge is 0.230 e. The van der Waals surface area contributed by atoms with Crippen LogP contribution in [0.1, 0.15) is 25.8 Å². The topological polar surface area (TPSA) is 42.0 Å². The molecule has 0 saturated carbocycles. The van der Waals surface area contributed by atoms with Gasteiger partial charge in [0.25, 0.3) is 0 Å². The highest BCUT2D eigenvalue weighted by Gasteiger charge is 2.07. The fourth-order valence-electron chi connectivity index (χ4n) is 1.55. The van der Waals surface area contributed by atoms with Crippen LogP contribution in [0, 0.1) is 0 Å². The lowest BCUT2D eigenvalue weighted by molar-refractivity contribution is -0.119. The number of carbonyl (C=O) groups excluding carboxylic acids is 1. The molecule has 0 aliphatic rings. The first-order valence-electron chi connectivity index (χ1n) is 5.98. The number of nitrogens with one attached hydrogen (secondary N) is 1. The summed E-state index contributed by atoms with van der Waals surface area (Å²) < 4.78 is 0. The lowest BCUT2D eigenvalue weighted by Crippen LogP contribution is -2.35. The molecule has 1 aromatic rings. The Morgan fingerprint density at radius 1 is 1.59 bits per heavy atom. The Hall–Kier alpha value is -1.03. The minimum Gasteiger partial charge on any atom is -0.353 e. The monoisotopic (exact) mass is 252 g/mol. The summed E-state index contributed by atoms with van der Waals surface area (Å²) >= 11 is 1.69. The molecule has 0 aliphatic carbocycles. The molecule has 1 aromatic heterocycles. The van der Waals surface area contributed by atoms with E-state index in [0.717, 1.165) is 24.2 Å². The van der Waals surface area contributed by atoms with E-state index < -0.39 is 0 Å². The van der Waals surface area contributed by atoms with Crippen LogP contribution < -0.4 is 5.32 Å². The number of pyridine rings is 1. The van der Waals surface area contributed by atoms with Gasteiger partial charge in [-0.3, -0.25) is 9.78 Å². The molecule has 1 amide bonds. The quantitative estimate of drug-likeness (QED) is 0.757. The number of carbonyl (C=O) groups is 1. The molecule has 3 nitrogen and oxygen atoms in total. The molecule has 0 saturated heterocycles. The number of amides is 1. The second-order valence-corrected chi connectivity index (χ2v) is 5.19. The Morgan fingerprint density at radius 2 is 2.41 bits per heavy atom. The zero-order valence-corrected chi connectivity index (χ0v) is 11.3. The Bertz CT molecular complexity index is 329. The van der Waals surface area contributed by atoms with Crippen LogP contribution in [0.25, 0.3) is 0 Å². The van der Waals surface area contributed by atoms with Gasteiger partial charge in [-0.15, -0.1) is 0 Å². The number of nitrogens with zero attached hydrogens (tertiary/aromatic N) is 1. The third-order valence-electron chi connectivity index (χ3n) is 2.25. The normalized spacial score (nSPS) is 12.1. The molecule has 0 aliphatic heterocycles. The van der Waals surface area contributed by atoms with Crippen molar-refractivity contribution < 1.29 is 4.79 Å². The molecule has 1 heterocycles. The van der Waals surface area contributed by atoms with E-state index in [4.69, 9.17) is 0 Å². The third-order valence-corrected chi connectivity index (χ3v) is 3.42. The van der Waals surface area contributed by atoms with Gasteiger partial charge >= 0.3 is 0 Å². The molecule has 0 fully saturated rings. The van der Waals surface area contributed by atoms with E-state index in [9.17, 15) is 4.79 Å². The maximum Gasteiger partial charge on any atom is 0.230 e. The molecule has 1 N–H and O–H groups in total. The van der Waals surface area contributed by atoms with Crippen molar-refractivity contribution in [1.29, 1.82) is 0 Å². The number of hydrogen-bond acceptors (Lipinski definition) is 3. The summed E-state index contributed by atoms with van der Waals surface area (Å²) in [6.45, 7) is 4.14. The van der Waals surface area contributed by atoms with E-state index in [-0.39, 0.29) is 11.9 Å². The van der Waals surface area contributed by atoms with E-state index in [1.54, 1.807) is 18.0 Å². The van der Waals surface area contributed by atoms with Gasteiger partial charge in [0.15, 0.2) is 0 Å². The molecule has 0 spiro atoms. The SMILES string of the molecule is CCCSCC(=O)N[C@@H](C)Cc1cccnc1. The Kier molecular flexibility index (Phi) is 6.70. The van der Waals surface area contributed by atoms with Gasteiger partial charge in [-0.1, -0.05) is 13.0 Å².